The second-order valence-corrected chi connectivity index (χ2v) is 5.68. The van der Waals surface area contributed by atoms with Crippen molar-refractivity contribution in [3.63, 3.8) is 0 Å². The molecule has 3 rings (SSSR count). The van der Waals surface area contributed by atoms with Crippen molar-refractivity contribution < 1.29 is 22.7 Å². The summed E-state index contributed by atoms with van der Waals surface area (Å²) in [5, 5.41) is 0. The van der Waals surface area contributed by atoms with E-state index in [9.17, 15) is 18.0 Å². The predicted octanol–water partition coefficient (Wildman–Crippen LogP) is 3.10. The number of nitrogens with zero attached hydrogens (tertiary/aromatic N) is 2. The van der Waals surface area contributed by atoms with E-state index < -0.39 is 28.9 Å². The maximum Gasteiger partial charge on any atom is 0.257 e. The Balaban J connectivity index is 1.68. The number of likely N-dealkylation sites (tertiary alicyclic amines) is 1. The molecule has 4 nitrogen and oxygen atoms in total. The summed E-state index contributed by atoms with van der Waals surface area (Å²) in [4.78, 5) is 17.8. The van der Waals surface area contributed by atoms with Crippen molar-refractivity contribution >= 4 is 5.91 Å². The Morgan fingerprint density at radius 1 is 1.21 bits per heavy atom. The Kier molecular flexibility index (Phi) is 4.42. The van der Waals surface area contributed by atoms with Crippen molar-refractivity contribution in [2.45, 2.75) is 19.4 Å². The lowest BCUT2D eigenvalue weighted by Crippen LogP contribution is -2.31. The monoisotopic (exact) mass is 336 g/mol. The molecule has 1 amide bonds. The van der Waals surface area contributed by atoms with Crippen LogP contribution < -0.4 is 4.74 Å². The summed E-state index contributed by atoms with van der Waals surface area (Å²) in [5.41, 5.74) is 0.516. The van der Waals surface area contributed by atoms with E-state index in [0.29, 0.717) is 18.8 Å². The van der Waals surface area contributed by atoms with Gasteiger partial charge in [-0.1, -0.05) is 6.07 Å². The molecule has 24 heavy (non-hydrogen) atoms. The van der Waals surface area contributed by atoms with Crippen LogP contribution in [0.5, 0.6) is 5.88 Å². The van der Waals surface area contributed by atoms with Crippen LogP contribution in [0.1, 0.15) is 22.3 Å². The number of rotatable bonds is 3. The number of aryl methyl sites for hydroxylation is 1. The van der Waals surface area contributed by atoms with Crippen molar-refractivity contribution in [3.05, 3.63) is 59.0 Å². The number of carbonyl (C=O) groups excluding carboxylic acids is 1. The molecular weight excluding hydrogens is 321 g/mol. The number of benzene rings is 1. The zero-order chi connectivity index (χ0) is 17.3. The molecule has 0 spiro atoms. The van der Waals surface area contributed by atoms with Crippen molar-refractivity contribution in [2.24, 2.45) is 0 Å². The van der Waals surface area contributed by atoms with E-state index in [1.54, 1.807) is 12.3 Å². The molecule has 0 saturated carbocycles. The van der Waals surface area contributed by atoms with Crippen LogP contribution in [-0.2, 0) is 0 Å². The molecule has 1 aromatic heterocycles. The molecule has 7 heteroatoms. The van der Waals surface area contributed by atoms with Crippen LogP contribution in [-0.4, -0.2) is 35.0 Å². The third-order valence-corrected chi connectivity index (χ3v) is 3.87. The number of amides is 1. The van der Waals surface area contributed by atoms with Crippen LogP contribution >= 0.6 is 0 Å². The fourth-order valence-electron chi connectivity index (χ4n) is 2.56. The zero-order valence-electron chi connectivity index (χ0n) is 12.9. The molecule has 1 atom stereocenters. The Hall–Kier alpha value is -2.57. The van der Waals surface area contributed by atoms with Gasteiger partial charge in [0.05, 0.1) is 12.1 Å². The van der Waals surface area contributed by atoms with E-state index in [1.165, 1.54) is 4.90 Å². The highest BCUT2D eigenvalue weighted by atomic mass is 19.2. The van der Waals surface area contributed by atoms with Crippen LogP contribution in [0.15, 0.2) is 30.5 Å². The third-order valence-electron chi connectivity index (χ3n) is 3.87. The quantitative estimate of drug-likeness (QED) is 0.809. The summed E-state index contributed by atoms with van der Waals surface area (Å²) in [6.45, 7) is 2.48. The van der Waals surface area contributed by atoms with Crippen LogP contribution in [0.25, 0.3) is 0 Å². The van der Waals surface area contributed by atoms with Crippen molar-refractivity contribution in [2.75, 3.05) is 13.1 Å². The fourth-order valence-corrected chi connectivity index (χ4v) is 2.56. The van der Waals surface area contributed by atoms with Crippen LogP contribution in [0.3, 0.4) is 0 Å². The molecule has 1 saturated heterocycles. The molecule has 1 fully saturated rings. The summed E-state index contributed by atoms with van der Waals surface area (Å²) in [6, 6.07) is 5.28. The maximum absolute atomic E-state index is 13.7. The summed E-state index contributed by atoms with van der Waals surface area (Å²) in [7, 11) is 0. The smallest absolute Gasteiger partial charge is 0.257 e. The average Bonchev–Trinajstić information content (AvgIpc) is 3.03. The number of hydrogen-bond acceptors (Lipinski definition) is 3. The van der Waals surface area contributed by atoms with Gasteiger partial charge in [-0.05, 0) is 24.6 Å². The maximum atomic E-state index is 13.7. The predicted molar refractivity (Wildman–Crippen MR) is 80.2 cm³/mol. The minimum absolute atomic E-state index is 0.229. The molecule has 2 heterocycles. The zero-order valence-corrected chi connectivity index (χ0v) is 12.9. The highest BCUT2D eigenvalue weighted by Gasteiger charge is 2.31. The van der Waals surface area contributed by atoms with Gasteiger partial charge >= 0.3 is 0 Å². The molecule has 1 aromatic carbocycles. The van der Waals surface area contributed by atoms with Gasteiger partial charge in [0.15, 0.2) is 17.5 Å². The highest BCUT2D eigenvalue weighted by molar-refractivity contribution is 5.94. The lowest BCUT2D eigenvalue weighted by Gasteiger charge is -2.17. The van der Waals surface area contributed by atoms with Crippen LogP contribution in [0.2, 0.25) is 0 Å². The number of hydrogen-bond donors (Lipinski definition) is 0. The second kappa shape index (κ2) is 6.51. The van der Waals surface area contributed by atoms with Gasteiger partial charge in [-0.15, -0.1) is 0 Å². The van der Waals surface area contributed by atoms with E-state index in [0.717, 1.165) is 17.7 Å². The van der Waals surface area contributed by atoms with E-state index in [4.69, 9.17) is 4.74 Å². The first-order valence-corrected chi connectivity index (χ1v) is 7.48. The Morgan fingerprint density at radius 3 is 2.71 bits per heavy atom. The number of carbonyl (C=O) groups is 1. The molecule has 0 bridgehead atoms. The Morgan fingerprint density at radius 2 is 2.00 bits per heavy atom. The highest BCUT2D eigenvalue weighted by Crippen LogP contribution is 2.21. The third kappa shape index (κ3) is 3.20. The first-order chi connectivity index (χ1) is 11.5. The normalized spacial score (nSPS) is 17.2. The van der Waals surface area contributed by atoms with Crippen LogP contribution in [0.4, 0.5) is 13.2 Å². The van der Waals surface area contributed by atoms with Gasteiger partial charge < -0.3 is 9.64 Å². The molecule has 0 N–H and O–H groups in total. The molecule has 0 aliphatic carbocycles. The minimum atomic E-state index is -1.64. The van der Waals surface area contributed by atoms with E-state index in [1.807, 2.05) is 13.0 Å². The lowest BCUT2D eigenvalue weighted by atomic mass is 10.1. The molecule has 0 radical (unpaired) electrons. The number of aromatic nitrogens is 1. The van der Waals surface area contributed by atoms with Gasteiger partial charge in [0, 0.05) is 25.2 Å². The Labute approximate surface area is 136 Å². The topological polar surface area (TPSA) is 42.4 Å². The lowest BCUT2D eigenvalue weighted by molar-refractivity contribution is 0.0765. The van der Waals surface area contributed by atoms with E-state index >= 15 is 0 Å². The molecule has 2 aromatic rings. The average molecular weight is 336 g/mol. The van der Waals surface area contributed by atoms with Gasteiger partial charge in [-0.2, -0.15) is 0 Å². The van der Waals surface area contributed by atoms with Crippen LogP contribution in [0, 0.1) is 24.4 Å². The standard InChI is InChI=1S/C17H15F3N2O2/c1-10-2-5-14(21-8-10)24-11-6-7-22(9-11)17(23)12-3-4-13(18)16(20)15(12)19/h2-5,8,11H,6-7,9H2,1H3/t11-/m0/s1. The minimum Gasteiger partial charge on any atom is -0.472 e. The number of pyridine rings is 1. The molecule has 1 aliphatic rings. The van der Waals surface area contributed by atoms with Crippen molar-refractivity contribution in [1.29, 1.82) is 0 Å². The Bertz CT molecular complexity index is 765. The molecular formula is C17H15F3N2O2. The summed E-state index contributed by atoms with van der Waals surface area (Å²) in [5.74, 6) is -4.67. The van der Waals surface area contributed by atoms with E-state index in [-0.39, 0.29) is 12.6 Å². The van der Waals surface area contributed by atoms with Gasteiger partial charge in [0.2, 0.25) is 5.88 Å². The molecule has 1 aliphatic heterocycles. The largest absolute Gasteiger partial charge is 0.472 e. The van der Waals surface area contributed by atoms with Gasteiger partial charge in [0.1, 0.15) is 6.10 Å². The summed E-state index contributed by atoms with van der Waals surface area (Å²) in [6.07, 6.45) is 1.94. The molecule has 0 unspecified atom stereocenters. The fraction of sp³-hybridized carbons (Fsp3) is 0.294. The first kappa shape index (κ1) is 16.3. The SMILES string of the molecule is Cc1ccc(O[C@H]2CCN(C(=O)c3ccc(F)c(F)c3F)C2)nc1. The van der Waals surface area contributed by atoms with Crippen molar-refractivity contribution in [3.8, 4) is 5.88 Å². The van der Waals surface area contributed by atoms with Gasteiger partial charge in [0.25, 0.3) is 5.91 Å². The number of halogens is 3. The van der Waals surface area contributed by atoms with Gasteiger partial charge in [-0.3, -0.25) is 4.79 Å². The van der Waals surface area contributed by atoms with Crippen molar-refractivity contribution in [1.82, 2.24) is 9.88 Å². The molecule has 126 valence electrons. The second-order valence-electron chi connectivity index (χ2n) is 5.68. The first-order valence-electron chi connectivity index (χ1n) is 7.48. The summed E-state index contributed by atoms with van der Waals surface area (Å²) < 4.78 is 45.7. The number of ether oxygens (including phenoxy) is 1. The van der Waals surface area contributed by atoms with E-state index in [2.05, 4.69) is 4.98 Å². The van der Waals surface area contributed by atoms with Gasteiger partial charge in [-0.25, -0.2) is 18.2 Å². The summed E-state index contributed by atoms with van der Waals surface area (Å²) >= 11 is 0.